The third kappa shape index (κ3) is 4.29. The Morgan fingerprint density at radius 1 is 1.04 bits per heavy atom. The van der Waals surface area contributed by atoms with Gasteiger partial charge in [-0.1, -0.05) is 24.3 Å². The quantitative estimate of drug-likeness (QED) is 0.533. The van der Waals surface area contributed by atoms with E-state index < -0.39 is 29.7 Å². The van der Waals surface area contributed by atoms with Gasteiger partial charge in [-0.3, -0.25) is 20.4 Å². The minimum absolute atomic E-state index is 0.183. The molecule has 8 heteroatoms. The van der Waals surface area contributed by atoms with Gasteiger partial charge in [0, 0.05) is 15.6 Å². The molecule has 1 heterocycles. The van der Waals surface area contributed by atoms with Gasteiger partial charge < -0.3 is 4.74 Å². The molecule has 0 aliphatic carbocycles. The molecule has 1 aromatic heterocycles. The van der Waals surface area contributed by atoms with Crippen LogP contribution >= 0.6 is 11.3 Å². The number of fused-ring (bicyclic) bond motifs is 1. The van der Waals surface area contributed by atoms with Crippen LogP contribution in [0.1, 0.15) is 27.0 Å². The van der Waals surface area contributed by atoms with E-state index in [4.69, 9.17) is 4.74 Å². The highest BCUT2D eigenvalue weighted by atomic mass is 32.1. The van der Waals surface area contributed by atoms with Gasteiger partial charge >= 0.3 is 5.97 Å². The number of halogens is 1. The fourth-order valence-corrected chi connectivity index (χ4v) is 3.24. The molecule has 138 valence electrons. The van der Waals surface area contributed by atoms with Crippen LogP contribution in [-0.4, -0.2) is 23.9 Å². The summed E-state index contributed by atoms with van der Waals surface area (Å²) >= 11 is 1.07. The number of benzene rings is 2. The summed E-state index contributed by atoms with van der Waals surface area (Å²) in [5.74, 6) is -2.37. The fourth-order valence-electron chi connectivity index (χ4n) is 2.28. The third-order valence-electron chi connectivity index (χ3n) is 3.70. The summed E-state index contributed by atoms with van der Waals surface area (Å²) in [6, 6.07) is 14.2. The van der Waals surface area contributed by atoms with Crippen molar-refractivity contribution >= 4 is 39.2 Å². The van der Waals surface area contributed by atoms with E-state index in [0.29, 0.717) is 15.6 Å². The monoisotopic (exact) mass is 386 g/mol. The Bertz CT molecular complexity index is 1000. The summed E-state index contributed by atoms with van der Waals surface area (Å²) in [6.07, 6.45) is -1.15. The minimum atomic E-state index is -1.15. The first-order chi connectivity index (χ1) is 13.0. The topological polar surface area (TPSA) is 84.5 Å². The standard InChI is InChI=1S/C19H15FN2O4S/c1-11(17(23)21-22-18(24)12-6-3-2-4-7-12)26-19(25)16-10-13-14(20)8-5-9-15(13)27-16/h2-11H,1H3,(H,21,23)(H,22,24)/t11-/m0/s1. The Morgan fingerprint density at radius 3 is 2.48 bits per heavy atom. The molecule has 0 aliphatic heterocycles. The van der Waals surface area contributed by atoms with Crippen LogP contribution in [0.2, 0.25) is 0 Å². The van der Waals surface area contributed by atoms with Crippen LogP contribution in [0.25, 0.3) is 10.1 Å². The summed E-state index contributed by atoms with van der Waals surface area (Å²) in [5.41, 5.74) is 4.82. The second kappa shape index (κ2) is 7.96. The molecule has 2 N–H and O–H groups in total. The van der Waals surface area contributed by atoms with Crippen LogP contribution in [-0.2, 0) is 9.53 Å². The predicted octanol–water partition coefficient (Wildman–Crippen LogP) is 3.05. The van der Waals surface area contributed by atoms with Gasteiger partial charge in [-0.25, -0.2) is 9.18 Å². The minimum Gasteiger partial charge on any atom is -0.448 e. The third-order valence-corrected chi connectivity index (χ3v) is 4.78. The largest absolute Gasteiger partial charge is 0.448 e. The molecule has 3 aromatic rings. The molecular weight excluding hydrogens is 371 g/mol. The molecule has 0 saturated carbocycles. The van der Waals surface area contributed by atoms with Gasteiger partial charge in [0.25, 0.3) is 11.8 Å². The maximum absolute atomic E-state index is 13.7. The summed E-state index contributed by atoms with van der Waals surface area (Å²) in [6.45, 7) is 1.37. The maximum atomic E-state index is 13.7. The average Bonchev–Trinajstić information content (AvgIpc) is 3.12. The molecule has 0 aliphatic rings. The lowest BCUT2D eigenvalue weighted by molar-refractivity contribution is -0.129. The summed E-state index contributed by atoms with van der Waals surface area (Å²) in [5, 5.41) is 0.321. The molecule has 1 atom stereocenters. The molecule has 6 nitrogen and oxygen atoms in total. The van der Waals surface area contributed by atoms with Crippen LogP contribution in [0.3, 0.4) is 0 Å². The van der Waals surface area contributed by atoms with Gasteiger partial charge in [0.15, 0.2) is 6.10 Å². The molecule has 0 spiro atoms. The van der Waals surface area contributed by atoms with Crippen molar-refractivity contribution in [1.29, 1.82) is 0 Å². The van der Waals surface area contributed by atoms with Crippen molar-refractivity contribution in [2.75, 3.05) is 0 Å². The summed E-state index contributed by atoms with van der Waals surface area (Å²) in [7, 11) is 0. The molecular formula is C19H15FN2O4S. The van der Waals surface area contributed by atoms with E-state index in [1.807, 2.05) is 0 Å². The van der Waals surface area contributed by atoms with Gasteiger partial charge in [-0.15, -0.1) is 11.3 Å². The number of rotatable bonds is 4. The Labute approximate surface area is 157 Å². The first kappa shape index (κ1) is 18.5. The number of hydrogen-bond donors (Lipinski definition) is 2. The Balaban J connectivity index is 1.57. The predicted molar refractivity (Wildman–Crippen MR) is 98.7 cm³/mol. The van der Waals surface area contributed by atoms with Crippen molar-refractivity contribution < 1.29 is 23.5 Å². The van der Waals surface area contributed by atoms with Crippen LogP contribution in [0.15, 0.2) is 54.6 Å². The molecule has 0 unspecified atom stereocenters. The Hall–Kier alpha value is -3.26. The number of esters is 1. The highest BCUT2D eigenvalue weighted by molar-refractivity contribution is 7.20. The van der Waals surface area contributed by atoms with Gasteiger partial charge in [0.2, 0.25) is 0 Å². The number of ether oxygens (including phenoxy) is 1. The van der Waals surface area contributed by atoms with E-state index in [2.05, 4.69) is 10.9 Å². The van der Waals surface area contributed by atoms with Gasteiger partial charge in [-0.2, -0.15) is 0 Å². The molecule has 2 amide bonds. The molecule has 0 bridgehead atoms. The van der Waals surface area contributed by atoms with E-state index >= 15 is 0 Å². The Kier molecular flexibility index (Phi) is 5.46. The second-order valence-electron chi connectivity index (χ2n) is 5.62. The molecule has 0 radical (unpaired) electrons. The van der Waals surface area contributed by atoms with Gasteiger partial charge in [-0.05, 0) is 37.3 Å². The number of carbonyl (C=O) groups excluding carboxylic acids is 3. The van der Waals surface area contributed by atoms with E-state index in [0.717, 1.165) is 11.3 Å². The smallest absolute Gasteiger partial charge is 0.349 e. The van der Waals surface area contributed by atoms with Crippen molar-refractivity contribution in [3.05, 3.63) is 70.9 Å². The van der Waals surface area contributed by atoms with E-state index in [1.54, 1.807) is 42.5 Å². The molecule has 3 rings (SSSR count). The van der Waals surface area contributed by atoms with E-state index in [1.165, 1.54) is 19.1 Å². The Morgan fingerprint density at radius 2 is 1.78 bits per heavy atom. The number of hydrazine groups is 1. The zero-order chi connectivity index (χ0) is 19.4. The van der Waals surface area contributed by atoms with Crippen LogP contribution in [0, 0.1) is 5.82 Å². The fraction of sp³-hybridized carbons (Fsp3) is 0.105. The number of thiophene rings is 1. The molecule has 2 aromatic carbocycles. The average molecular weight is 386 g/mol. The van der Waals surface area contributed by atoms with Crippen LogP contribution < -0.4 is 10.9 Å². The zero-order valence-electron chi connectivity index (χ0n) is 14.2. The van der Waals surface area contributed by atoms with Crippen molar-refractivity contribution in [2.24, 2.45) is 0 Å². The summed E-state index contributed by atoms with van der Waals surface area (Å²) < 4.78 is 19.4. The van der Waals surface area contributed by atoms with Crippen molar-refractivity contribution in [1.82, 2.24) is 10.9 Å². The molecule has 27 heavy (non-hydrogen) atoms. The lowest BCUT2D eigenvalue weighted by atomic mass is 10.2. The second-order valence-corrected chi connectivity index (χ2v) is 6.70. The number of amides is 2. The SMILES string of the molecule is C[C@H](OC(=O)c1cc2c(F)cccc2s1)C(=O)NNC(=O)c1ccccc1. The van der Waals surface area contributed by atoms with Crippen molar-refractivity contribution in [3.63, 3.8) is 0 Å². The summed E-state index contributed by atoms with van der Waals surface area (Å²) in [4.78, 5) is 36.3. The lowest BCUT2D eigenvalue weighted by Gasteiger charge is -2.13. The van der Waals surface area contributed by atoms with Crippen LogP contribution in [0.5, 0.6) is 0 Å². The zero-order valence-corrected chi connectivity index (χ0v) is 15.0. The number of carbonyl (C=O) groups is 3. The van der Waals surface area contributed by atoms with Gasteiger partial charge in [0.05, 0.1) is 0 Å². The maximum Gasteiger partial charge on any atom is 0.349 e. The van der Waals surface area contributed by atoms with Crippen molar-refractivity contribution in [2.45, 2.75) is 13.0 Å². The first-order valence-corrected chi connectivity index (χ1v) is 8.81. The number of hydrogen-bond acceptors (Lipinski definition) is 5. The molecule has 0 fully saturated rings. The van der Waals surface area contributed by atoms with E-state index in [9.17, 15) is 18.8 Å². The van der Waals surface area contributed by atoms with Crippen molar-refractivity contribution in [3.8, 4) is 0 Å². The first-order valence-electron chi connectivity index (χ1n) is 8.00. The van der Waals surface area contributed by atoms with E-state index in [-0.39, 0.29) is 4.88 Å². The number of nitrogens with one attached hydrogen (secondary N) is 2. The highest BCUT2D eigenvalue weighted by Crippen LogP contribution is 2.28. The van der Waals surface area contributed by atoms with Gasteiger partial charge in [0.1, 0.15) is 10.7 Å². The molecule has 0 saturated heterocycles. The van der Waals surface area contributed by atoms with Crippen LogP contribution in [0.4, 0.5) is 4.39 Å². The lowest BCUT2D eigenvalue weighted by Crippen LogP contribution is -2.46. The highest BCUT2D eigenvalue weighted by Gasteiger charge is 2.21. The normalized spacial score (nSPS) is 11.6.